The summed E-state index contributed by atoms with van der Waals surface area (Å²) in [6.07, 6.45) is 0. The van der Waals surface area contributed by atoms with Crippen molar-refractivity contribution < 1.29 is 4.74 Å². The lowest BCUT2D eigenvalue weighted by Gasteiger charge is -2.10. The standard InChI is InChI=1S/C13H11BrClNO.ClH/c14-11-7-10(15)6-5-9(11)8-17-13-4-2-1-3-12(13)16;/h1-7H,8,16H2;1H. The van der Waals surface area contributed by atoms with Crippen LogP contribution in [0.2, 0.25) is 5.02 Å². The molecule has 0 aliphatic rings. The molecule has 0 spiro atoms. The Morgan fingerprint density at radius 2 is 1.89 bits per heavy atom. The lowest BCUT2D eigenvalue weighted by molar-refractivity contribution is 0.307. The number of hydrogen-bond acceptors (Lipinski definition) is 2. The molecular formula is C13H12BrCl2NO. The number of benzene rings is 2. The summed E-state index contributed by atoms with van der Waals surface area (Å²) in [5.41, 5.74) is 7.45. The van der Waals surface area contributed by atoms with E-state index in [-0.39, 0.29) is 12.4 Å². The van der Waals surface area contributed by atoms with Gasteiger partial charge in [-0.1, -0.05) is 45.7 Å². The molecule has 96 valence electrons. The molecule has 0 fully saturated rings. The third-order valence-electron chi connectivity index (χ3n) is 2.32. The predicted molar refractivity (Wildman–Crippen MR) is 81.6 cm³/mol. The maximum absolute atomic E-state index is 5.87. The molecule has 0 saturated heterocycles. The summed E-state index contributed by atoms with van der Waals surface area (Å²) in [5, 5.41) is 0.694. The predicted octanol–water partition coefficient (Wildman–Crippen LogP) is 4.69. The van der Waals surface area contributed by atoms with Crippen molar-refractivity contribution in [1.82, 2.24) is 0 Å². The monoisotopic (exact) mass is 347 g/mol. The van der Waals surface area contributed by atoms with Crippen molar-refractivity contribution in [2.75, 3.05) is 5.73 Å². The highest BCUT2D eigenvalue weighted by atomic mass is 79.9. The molecule has 2 aromatic carbocycles. The quantitative estimate of drug-likeness (QED) is 0.817. The van der Waals surface area contributed by atoms with Gasteiger partial charge in [0, 0.05) is 15.1 Å². The van der Waals surface area contributed by atoms with Gasteiger partial charge in [-0.25, -0.2) is 0 Å². The van der Waals surface area contributed by atoms with Gasteiger partial charge >= 0.3 is 0 Å². The van der Waals surface area contributed by atoms with Gasteiger partial charge in [-0.2, -0.15) is 0 Å². The number of nitrogen functional groups attached to an aromatic ring is 1. The van der Waals surface area contributed by atoms with Gasteiger partial charge < -0.3 is 10.5 Å². The number of rotatable bonds is 3. The zero-order valence-electron chi connectivity index (χ0n) is 9.40. The second-order valence-corrected chi connectivity index (χ2v) is 4.85. The van der Waals surface area contributed by atoms with Crippen LogP contribution >= 0.6 is 39.9 Å². The van der Waals surface area contributed by atoms with E-state index in [0.717, 1.165) is 10.0 Å². The van der Waals surface area contributed by atoms with Crippen molar-refractivity contribution in [2.45, 2.75) is 6.61 Å². The molecule has 0 radical (unpaired) electrons. The Hall–Kier alpha value is -0.900. The van der Waals surface area contributed by atoms with E-state index in [1.54, 1.807) is 0 Å². The lowest BCUT2D eigenvalue weighted by atomic mass is 10.2. The molecule has 0 aliphatic carbocycles. The van der Waals surface area contributed by atoms with Crippen LogP contribution in [0.3, 0.4) is 0 Å². The summed E-state index contributed by atoms with van der Waals surface area (Å²) in [4.78, 5) is 0. The highest BCUT2D eigenvalue weighted by molar-refractivity contribution is 9.10. The van der Waals surface area contributed by atoms with E-state index in [9.17, 15) is 0 Å². The van der Waals surface area contributed by atoms with Crippen LogP contribution in [-0.4, -0.2) is 0 Å². The van der Waals surface area contributed by atoms with Crippen LogP contribution in [0.4, 0.5) is 5.69 Å². The van der Waals surface area contributed by atoms with Crippen LogP contribution < -0.4 is 10.5 Å². The second-order valence-electron chi connectivity index (χ2n) is 3.56. The molecule has 0 saturated carbocycles. The van der Waals surface area contributed by atoms with Gasteiger partial charge in [0.05, 0.1) is 5.69 Å². The van der Waals surface area contributed by atoms with E-state index in [1.165, 1.54) is 0 Å². The van der Waals surface area contributed by atoms with E-state index < -0.39 is 0 Å². The van der Waals surface area contributed by atoms with Gasteiger partial charge in [-0.3, -0.25) is 0 Å². The second kappa shape index (κ2) is 6.88. The van der Waals surface area contributed by atoms with Crippen LogP contribution in [0, 0.1) is 0 Å². The molecule has 0 unspecified atom stereocenters. The van der Waals surface area contributed by atoms with Crippen molar-refractivity contribution in [3.63, 3.8) is 0 Å². The molecule has 2 aromatic rings. The van der Waals surface area contributed by atoms with E-state index >= 15 is 0 Å². The van der Waals surface area contributed by atoms with Gasteiger partial charge in [-0.15, -0.1) is 12.4 Å². The number of nitrogens with two attached hydrogens (primary N) is 1. The van der Waals surface area contributed by atoms with E-state index in [0.29, 0.717) is 23.1 Å². The maximum atomic E-state index is 5.87. The van der Waals surface area contributed by atoms with Crippen molar-refractivity contribution in [2.24, 2.45) is 0 Å². The van der Waals surface area contributed by atoms with Gasteiger partial charge in [-0.05, 0) is 24.3 Å². The molecule has 2 rings (SSSR count). The molecule has 2 N–H and O–H groups in total. The zero-order valence-corrected chi connectivity index (χ0v) is 12.6. The molecule has 5 heteroatoms. The van der Waals surface area contributed by atoms with Crippen LogP contribution in [0.1, 0.15) is 5.56 Å². The summed E-state index contributed by atoms with van der Waals surface area (Å²) in [5.74, 6) is 0.689. The molecule has 2 nitrogen and oxygen atoms in total. The van der Waals surface area contributed by atoms with Gasteiger partial charge in [0.1, 0.15) is 12.4 Å². The topological polar surface area (TPSA) is 35.2 Å². The van der Waals surface area contributed by atoms with Gasteiger partial charge in [0.25, 0.3) is 0 Å². The third kappa shape index (κ3) is 3.80. The fourth-order valence-electron chi connectivity index (χ4n) is 1.41. The van der Waals surface area contributed by atoms with Crippen molar-refractivity contribution in [3.8, 4) is 5.75 Å². The fourth-order valence-corrected chi connectivity index (χ4v) is 2.20. The van der Waals surface area contributed by atoms with E-state index in [2.05, 4.69) is 15.9 Å². The molecule has 0 aliphatic heterocycles. The Kier molecular flexibility index (Phi) is 5.79. The first-order valence-electron chi connectivity index (χ1n) is 5.08. The van der Waals surface area contributed by atoms with Gasteiger partial charge in [0.2, 0.25) is 0 Å². The molecule has 18 heavy (non-hydrogen) atoms. The minimum absolute atomic E-state index is 0. The molecule has 0 bridgehead atoms. The van der Waals surface area contributed by atoms with Crippen molar-refractivity contribution >= 4 is 45.6 Å². The normalized spacial score (nSPS) is 9.67. The largest absolute Gasteiger partial charge is 0.487 e. The summed E-state index contributed by atoms with van der Waals surface area (Å²) in [6.45, 7) is 0.450. The molecule has 0 aromatic heterocycles. The highest BCUT2D eigenvalue weighted by Crippen LogP contribution is 2.25. The fraction of sp³-hybridized carbons (Fsp3) is 0.0769. The van der Waals surface area contributed by atoms with Crippen molar-refractivity contribution in [3.05, 3.63) is 57.5 Å². The maximum Gasteiger partial charge on any atom is 0.142 e. The van der Waals surface area contributed by atoms with Crippen LogP contribution in [0.5, 0.6) is 5.75 Å². The number of hydrogen-bond donors (Lipinski definition) is 1. The Balaban J connectivity index is 0.00000162. The van der Waals surface area contributed by atoms with Crippen LogP contribution in [0.25, 0.3) is 0 Å². The SMILES string of the molecule is Cl.Nc1ccccc1OCc1ccc(Cl)cc1Br. The molecular weight excluding hydrogens is 337 g/mol. The minimum atomic E-state index is 0. The Bertz CT molecular complexity index is 534. The summed E-state index contributed by atoms with van der Waals surface area (Å²) in [6, 6.07) is 13.0. The van der Waals surface area contributed by atoms with Crippen LogP contribution in [-0.2, 0) is 6.61 Å². The summed E-state index contributed by atoms with van der Waals surface area (Å²) >= 11 is 9.31. The summed E-state index contributed by atoms with van der Waals surface area (Å²) < 4.78 is 6.58. The Morgan fingerprint density at radius 3 is 2.56 bits per heavy atom. The first-order chi connectivity index (χ1) is 8.16. The average Bonchev–Trinajstić information content (AvgIpc) is 2.30. The lowest BCUT2D eigenvalue weighted by Crippen LogP contribution is -1.99. The van der Waals surface area contributed by atoms with Crippen LogP contribution in [0.15, 0.2) is 46.9 Å². The zero-order chi connectivity index (χ0) is 12.3. The minimum Gasteiger partial charge on any atom is -0.487 e. The number of para-hydroxylation sites is 2. The Labute approximate surface area is 126 Å². The van der Waals surface area contributed by atoms with Crippen molar-refractivity contribution in [1.29, 1.82) is 0 Å². The van der Waals surface area contributed by atoms with E-state index in [4.69, 9.17) is 22.1 Å². The third-order valence-corrected chi connectivity index (χ3v) is 3.29. The number of anilines is 1. The average molecular weight is 349 g/mol. The molecule has 0 amide bonds. The highest BCUT2D eigenvalue weighted by Gasteiger charge is 2.03. The first kappa shape index (κ1) is 15.2. The summed E-state index contributed by atoms with van der Waals surface area (Å²) in [7, 11) is 0. The van der Waals surface area contributed by atoms with Gasteiger partial charge in [0.15, 0.2) is 0 Å². The molecule has 0 atom stereocenters. The van der Waals surface area contributed by atoms with E-state index in [1.807, 2.05) is 42.5 Å². The number of ether oxygens (including phenoxy) is 1. The Morgan fingerprint density at radius 1 is 1.17 bits per heavy atom. The smallest absolute Gasteiger partial charge is 0.142 e. The number of halogens is 3. The first-order valence-corrected chi connectivity index (χ1v) is 6.25. The molecule has 0 heterocycles.